The van der Waals surface area contributed by atoms with Gasteiger partial charge in [0.2, 0.25) is 5.91 Å². The van der Waals surface area contributed by atoms with E-state index in [9.17, 15) is 9.59 Å². The molecule has 2 aromatic carbocycles. The van der Waals surface area contributed by atoms with Crippen molar-refractivity contribution < 1.29 is 24.3 Å². The fourth-order valence-corrected chi connectivity index (χ4v) is 4.53. The predicted octanol–water partition coefficient (Wildman–Crippen LogP) is 2.64. The zero-order valence-electron chi connectivity index (χ0n) is 17.9. The second-order valence-electron chi connectivity index (χ2n) is 8.21. The van der Waals surface area contributed by atoms with E-state index in [0.717, 1.165) is 22.2 Å². The third kappa shape index (κ3) is 4.12. The highest BCUT2D eigenvalue weighted by molar-refractivity contribution is 5.94. The zero-order chi connectivity index (χ0) is 22.8. The molecule has 0 aliphatic carbocycles. The van der Waals surface area contributed by atoms with Crippen molar-refractivity contribution in [2.75, 3.05) is 19.8 Å². The van der Waals surface area contributed by atoms with Crippen LogP contribution in [0.4, 0.5) is 0 Å². The van der Waals surface area contributed by atoms with Crippen LogP contribution in [-0.4, -0.2) is 51.7 Å². The molecule has 0 bridgehead atoms. The quantitative estimate of drug-likeness (QED) is 0.468. The molecule has 170 valence electrons. The van der Waals surface area contributed by atoms with Crippen LogP contribution in [0.25, 0.3) is 11.0 Å². The molecule has 9 nitrogen and oxygen atoms in total. The Hall–Kier alpha value is -3.56. The number of nitrogens with one attached hydrogen (secondary N) is 1. The Morgan fingerprint density at radius 2 is 1.91 bits per heavy atom. The van der Waals surface area contributed by atoms with Gasteiger partial charge in [-0.25, -0.2) is 5.48 Å². The summed E-state index contributed by atoms with van der Waals surface area (Å²) in [6, 6.07) is 10.3. The highest BCUT2D eigenvalue weighted by Gasteiger charge is 2.35. The van der Waals surface area contributed by atoms with Crippen LogP contribution in [-0.2, 0) is 16.1 Å². The fraction of sp³-hybridized carbons (Fsp3) is 0.333. The van der Waals surface area contributed by atoms with Crippen LogP contribution in [0.15, 0.2) is 48.8 Å². The molecule has 33 heavy (non-hydrogen) atoms. The zero-order valence-corrected chi connectivity index (χ0v) is 17.9. The molecule has 3 aromatic rings. The molecule has 0 saturated carbocycles. The lowest BCUT2D eigenvalue weighted by atomic mass is 9.95. The van der Waals surface area contributed by atoms with Crippen molar-refractivity contribution in [2.45, 2.75) is 25.4 Å². The maximum absolute atomic E-state index is 13.7. The van der Waals surface area contributed by atoms with Gasteiger partial charge >= 0.3 is 0 Å². The normalized spacial score (nSPS) is 18.8. The first kappa shape index (κ1) is 21.3. The molecule has 2 amide bonds. The summed E-state index contributed by atoms with van der Waals surface area (Å²) < 4.78 is 11.6. The number of rotatable bonds is 3. The first-order valence-corrected chi connectivity index (χ1v) is 10.9. The Bertz CT molecular complexity index is 1190. The summed E-state index contributed by atoms with van der Waals surface area (Å²) in [6.45, 7) is 1.67. The Kier molecular flexibility index (Phi) is 5.89. The first-order chi connectivity index (χ1) is 16.2. The van der Waals surface area contributed by atoms with E-state index >= 15 is 0 Å². The first-order valence-electron chi connectivity index (χ1n) is 10.9. The van der Waals surface area contributed by atoms with E-state index in [1.54, 1.807) is 36.1 Å². The second kappa shape index (κ2) is 9.13. The molecule has 1 fully saturated rings. The number of carbonyl (C=O) groups is 2. The molecule has 0 unspecified atom stereocenters. The van der Waals surface area contributed by atoms with Crippen LogP contribution in [0.2, 0.25) is 0 Å². The van der Waals surface area contributed by atoms with Gasteiger partial charge in [-0.15, -0.1) is 0 Å². The van der Waals surface area contributed by atoms with Crippen molar-refractivity contribution in [1.29, 1.82) is 0 Å². The number of fused-ring (bicyclic) bond motifs is 2. The summed E-state index contributed by atoms with van der Waals surface area (Å²) >= 11 is 0. The Morgan fingerprint density at radius 1 is 1.09 bits per heavy atom. The smallest absolute Gasteiger partial charge is 0.274 e. The Balaban J connectivity index is 1.57. The van der Waals surface area contributed by atoms with Gasteiger partial charge in [0.1, 0.15) is 12.4 Å². The van der Waals surface area contributed by atoms with E-state index in [1.165, 1.54) is 0 Å². The minimum absolute atomic E-state index is 0.0535. The Morgan fingerprint density at radius 3 is 2.73 bits per heavy atom. The lowest BCUT2D eigenvalue weighted by molar-refractivity contribution is -0.142. The van der Waals surface area contributed by atoms with Crippen LogP contribution in [0.1, 0.15) is 40.4 Å². The van der Waals surface area contributed by atoms with Gasteiger partial charge in [-0.05, 0) is 31.0 Å². The minimum atomic E-state index is -0.623. The molecule has 1 atom stereocenters. The number of amides is 2. The summed E-state index contributed by atoms with van der Waals surface area (Å²) in [7, 11) is 0. The number of aromatic nitrogens is 2. The Labute approximate surface area is 190 Å². The lowest BCUT2D eigenvalue weighted by Gasteiger charge is -2.34. The maximum Gasteiger partial charge on any atom is 0.274 e. The van der Waals surface area contributed by atoms with Gasteiger partial charge in [0.15, 0.2) is 0 Å². The minimum Gasteiger partial charge on any atom is -0.491 e. The summed E-state index contributed by atoms with van der Waals surface area (Å²) in [5.41, 5.74) is 5.04. The highest BCUT2D eigenvalue weighted by atomic mass is 16.5. The number of ether oxygens (including phenoxy) is 2. The van der Waals surface area contributed by atoms with Gasteiger partial charge in [-0.3, -0.25) is 24.8 Å². The molecular formula is C24H24N4O5. The third-order valence-corrected chi connectivity index (χ3v) is 6.29. The summed E-state index contributed by atoms with van der Waals surface area (Å²) in [5, 5.41) is 8.98. The van der Waals surface area contributed by atoms with E-state index in [0.29, 0.717) is 38.3 Å². The molecule has 1 aromatic heterocycles. The van der Waals surface area contributed by atoms with Gasteiger partial charge in [0.05, 0.1) is 23.6 Å². The largest absolute Gasteiger partial charge is 0.491 e. The average molecular weight is 448 g/mol. The molecule has 2 aliphatic rings. The van der Waals surface area contributed by atoms with Crippen molar-refractivity contribution in [3.8, 4) is 5.75 Å². The van der Waals surface area contributed by atoms with Gasteiger partial charge in [0.25, 0.3) is 5.91 Å². The molecule has 9 heteroatoms. The number of para-hydroxylation sites is 1. The van der Waals surface area contributed by atoms with Crippen molar-refractivity contribution in [1.82, 2.24) is 20.3 Å². The number of nitrogens with zero attached hydrogens (tertiary/aromatic N) is 3. The van der Waals surface area contributed by atoms with Gasteiger partial charge in [0, 0.05) is 48.2 Å². The topological polar surface area (TPSA) is 114 Å². The molecule has 5 rings (SSSR count). The summed E-state index contributed by atoms with van der Waals surface area (Å²) in [6.07, 6.45) is 4.65. The predicted molar refractivity (Wildman–Crippen MR) is 118 cm³/mol. The number of hydrogen-bond donors (Lipinski definition) is 2. The van der Waals surface area contributed by atoms with Gasteiger partial charge in [-0.1, -0.05) is 18.2 Å². The van der Waals surface area contributed by atoms with E-state index in [1.807, 2.05) is 23.1 Å². The standard InChI is InChI=1S/C24H24N4O5/c29-23(27-31)16-4-5-17-13-28(24(30)15-6-10-32-11-7-15)20(14-33-21(17)12-16)18-2-1-3-19-22(18)26-9-8-25-19/h1-5,8-9,12,15,20,31H,6-7,10-11,13-14H2,(H,27,29)/t20-/m0/s1. The molecule has 0 radical (unpaired) electrons. The van der Waals surface area contributed by atoms with Crippen LogP contribution < -0.4 is 10.2 Å². The van der Waals surface area contributed by atoms with E-state index < -0.39 is 5.91 Å². The van der Waals surface area contributed by atoms with Crippen molar-refractivity contribution in [3.63, 3.8) is 0 Å². The summed E-state index contributed by atoms with van der Waals surface area (Å²) in [5.74, 6) is -0.183. The van der Waals surface area contributed by atoms with Crippen LogP contribution >= 0.6 is 0 Å². The van der Waals surface area contributed by atoms with Crippen LogP contribution in [0.3, 0.4) is 0 Å². The van der Waals surface area contributed by atoms with Crippen molar-refractivity contribution >= 4 is 22.8 Å². The SMILES string of the molecule is O=C(NO)c1ccc2c(c1)OC[C@@H](c1cccc3nccnc13)N(C(=O)C1CCOCC1)C2. The van der Waals surface area contributed by atoms with Crippen molar-refractivity contribution in [3.05, 3.63) is 65.5 Å². The maximum atomic E-state index is 13.7. The third-order valence-electron chi connectivity index (χ3n) is 6.29. The number of hydroxylamine groups is 1. The molecule has 1 saturated heterocycles. The molecular weight excluding hydrogens is 424 g/mol. The van der Waals surface area contributed by atoms with Crippen LogP contribution in [0.5, 0.6) is 5.75 Å². The van der Waals surface area contributed by atoms with Crippen molar-refractivity contribution in [2.24, 2.45) is 5.92 Å². The number of carbonyl (C=O) groups excluding carboxylic acids is 2. The molecule has 3 heterocycles. The van der Waals surface area contributed by atoms with Gasteiger partial charge in [-0.2, -0.15) is 0 Å². The lowest BCUT2D eigenvalue weighted by Crippen LogP contribution is -2.41. The van der Waals surface area contributed by atoms with E-state index in [-0.39, 0.29) is 30.0 Å². The van der Waals surface area contributed by atoms with Gasteiger partial charge < -0.3 is 14.4 Å². The summed E-state index contributed by atoms with van der Waals surface area (Å²) in [4.78, 5) is 36.4. The number of benzene rings is 2. The fourth-order valence-electron chi connectivity index (χ4n) is 4.53. The second-order valence-corrected chi connectivity index (χ2v) is 8.21. The number of hydrogen-bond acceptors (Lipinski definition) is 7. The van der Waals surface area contributed by atoms with E-state index in [4.69, 9.17) is 14.7 Å². The molecule has 2 N–H and O–H groups in total. The average Bonchev–Trinajstić information content (AvgIpc) is 3.07. The van der Waals surface area contributed by atoms with E-state index in [2.05, 4.69) is 9.97 Å². The molecule has 0 spiro atoms. The monoisotopic (exact) mass is 448 g/mol. The highest BCUT2D eigenvalue weighted by Crippen LogP contribution is 2.36. The molecule has 2 aliphatic heterocycles. The van der Waals surface area contributed by atoms with Crippen LogP contribution in [0, 0.1) is 5.92 Å².